The summed E-state index contributed by atoms with van der Waals surface area (Å²) in [4.78, 5) is 10.7. The van der Waals surface area contributed by atoms with E-state index >= 15 is 0 Å². The van der Waals surface area contributed by atoms with Crippen molar-refractivity contribution < 1.29 is 14.3 Å². The summed E-state index contributed by atoms with van der Waals surface area (Å²) in [5.41, 5.74) is 0. The van der Waals surface area contributed by atoms with E-state index in [1.165, 1.54) is 6.42 Å². The zero-order valence-electron chi connectivity index (χ0n) is 8.10. The topological polar surface area (TPSA) is 35.5 Å². The van der Waals surface area contributed by atoms with Crippen molar-refractivity contribution in [2.75, 3.05) is 13.2 Å². The van der Waals surface area contributed by atoms with Gasteiger partial charge < -0.3 is 9.47 Å². The molecule has 0 N–H and O–H groups in total. The van der Waals surface area contributed by atoms with Gasteiger partial charge in [0.15, 0.2) is 0 Å². The molecule has 1 rings (SSSR count). The van der Waals surface area contributed by atoms with Crippen LogP contribution < -0.4 is 4.74 Å². The third-order valence-electron chi connectivity index (χ3n) is 1.58. The molecular formula is C11H13O3. The van der Waals surface area contributed by atoms with Gasteiger partial charge in [0.2, 0.25) is 0 Å². The molecule has 3 heteroatoms. The Morgan fingerprint density at radius 3 is 2.64 bits per heavy atom. The first-order chi connectivity index (χ1) is 6.83. The molecule has 0 saturated heterocycles. The normalized spacial score (nSPS) is 9.50. The molecule has 0 fully saturated rings. The van der Waals surface area contributed by atoms with E-state index in [0.29, 0.717) is 6.61 Å². The molecular weight excluding hydrogens is 180 g/mol. The van der Waals surface area contributed by atoms with Crippen LogP contribution in [0.1, 0.15) is 6.92 Å². The molecule has 1 aromatic rings. The van der Waals surface area contributed by atoms with Crippen molar-refractivity contribution in [2.24, 2.45) is 0 Å². The van der Waals surface area contributed by atoms with Crippen LogP contribution in [0.3, 0.4) is 0 Å². The van der Waals surface area contributed by atoms with E-state index in [9.17, 15) is 4.79 Å². The molecule has 0 aliphatic rings. The molecule has 3 nitrogen and oxygen atoms in total. The highest BCUT2D eigenvalue weighted by Crippen LogP contribution is 2.07. The fraction of sp³-hybridized carbons (Fsp3) is 0.273. The van der Waals surface area contributed by atoms with Gasteiger partial charge in [-0.25, -0.2) is 0 Å². The number of hydrogen-bond acceptors (Lipinski definition) is 3. The standard InChI is InChI=1S/C11H13O3/c1-2-11(12)14-9-8-13-10-6-4-3-5-7-10/h2-7H,8-9H2,1H3. The highest BCUT2D eigenvalue weighted by atomic mass is 16.6. The van der Waals surface area contributed by atoms with Crippen molar-refractivity contribution in [3.63, 3.8) is 0 Å². The summed E-state index contributed by atoms with van der Waals surface area (Å²) >= 11 is 0. The highest BCUT2D eigenvalue weighted by Gasteiger charge is 1.97. The number of hydrogen-bond donors (Lipinski definition) is 0. The Balaban J connectivity index is 2.13. The van der Waals surface area contributed by atoms with Gasteiger partial charge in [-0.15, -0.1) is 0 Å². The van der Waals surface area contributed by atoms with Crippen molar-refractivity contribution in [3.8, 4) is 5.75 Å². The lowest BCUT2D eigenvalue weighted by molar-refractivity contribution is -0.140. The second-order valence-corrected chi connectivity index (χ2v) is 2.62. The maximum Gasteiger partial charge on any atom is 0.309 e. The van der Waals surface area contributed by atoms with E-state index in [1.54, 1.807) is 6.92 Å². The number of rotatable bonds is 5. The average molecular weight is 193 g/mol. The summed E-state index contributed by atoms with van der Waals surface area (Å²) < 4.78 is 10.1. The first-order valence-electron chi connectivity index (χ1n) is 4.47. The van der Waals surface area contributed by atoms with Gasteiger partial charge in [0.1, 0.15) is 19.0 Å². The molecule has 1 aromatic carbocycles. The Labute approximate surface area is 83.6 Å². The molecule has 75 valence electrons. The summed E-state index contributed by atoms with van der Waals surface area (Å²) in [5.74, 6) is 0.464. The van der Waals surface area contributed by atoms with Crippen molar-refractivity contribution in [3.05, 3.63) is 36.8 Å². The summed E-state index contributed by atoms with van der Waals surface area (Å²) in [5, 5.41) is 0. The smallest absolute Gasteiger partial charge is 0.309 e. The number of ether oxygens (including phenoxy) is 2. The SMILES string of the molecule is C[CH]C(=O)OCCOc1ccccc1. The quantitative estimate of drug-likeness (QED) is 0.528. The van der Waals surface area contributed by atoms with Crippen LogP contribution in [0.2, 0.25) is 0 Å². The molecule has 0 spiro atoms. The number of carbonyl (C=O) groups excluding carboxylic acids is 1. The van der Waals surface area contributed by atoms with Crippen LogP contribution in [0.15, 0.2) is 30.3 Å². The zero-order valence-corrected chi connectivity index (χ0v) is 8.10. The lowest BCUT2D eigenvalue weighted by atomic mass is 10.3. The predicted octanol–water partition coefficient (Wildman–Crippen LogP) is 1.83. The molecule has 0 atom stereocenters. The number of benzene rings is 1. The second kappa shape index (κ2) is 6.02. The summed E-state index contributed by atoms with van der Waals surface area (Å²) in [6, 6.07) is 9.41. The van der Waals surface area contributed by atoms with Crippen LogP contribution in [-0.4, -0.2) is 19.2 Å². The predicted molar refractivity (Wildman–Crippen MR) is 52.9 cm³/mol. The third kappa shape index (κ3) is 3.94. The molecule has 1 radical (unpaired) electrons. The lowest BCUT2D eigenvalue weighted by Gasteiger charge is -2.05. The van der Waals surface area contributed by atoms with Gasteiger partial charge in [-0.1, -0.05) is 25.1 Å². The van der Waals surface area contributed by atoms with Gasteiger partial charge in [-0.2, -0.15) is 0 Å². The Kier molecular flexibility index (Phi) is 4.55. The Morgan fingerprint density at radius 1 is 1.29 bits per heavy atom. The van der Waals surface area contributed by atoms with E-state index in [0.717, 1.165) is 5.75 Å². The maximum atomic E-state index is 10.7. The molecule has 0 saturated carbocycles. The van der Waals surface area contributed by atoms with E-state index in [1.807, 2.05) is 30.3 Å². The van der Waals surface area contributed by atoms with E-state index in [2.05, 4.69) is 0 Å². The number of esters is 1. The van der Waals surface area contributed by atoms with Crippen LogP contribution in [0.4, 0.5) is 0 Å². The van der Waals surface area contributed by atoms with E-state index in [4.69, 9.17) is 9.47 Å². The number of para-hydroxylation sites is 1. The maximum absolute atomic E-state index is 10.7. The van der Waals surface area contributed by atoms with Crippen molar-refractivity contribution in [1.29, 1.82) is 0 Å². The molecule has 14 heavy (non-hydrogen) atoms. The molecule has 0 aromatic heterocycles. The van der Waals surface area contributed by atoms with Gasteiger partial charge in [-0.3, -0.25) is 4.79 Å². The fourth-order valence-corrected chi connectivity index (χ4v) is 0.902. The van der Waals surface area contributed by atoms with Gasteiger partial charge >= 0.3 is 5.97 Å². The Hall–Kier alpha value is -1.51. The fourth-order valence-electron chi connectivity index (χ4n) is 0.902. The van der Waals surface area contributed by atoms with E-state index in [-0.39, 0.29) is 12.6 Å². The second-order valence-electron chi connectivity index (χ2n) is 2.62. The molecule has 0 aliphatic heterocycles. The average Bonchev–Trinajstić information content (AvgIpc) is 2.25. The minimum absolute atomic E-state index is 0.276. The molecule has 0 aliphatic carbocycles. The van der Waals surface area contributed by atoms with Crippen molar-refractivity contribution >= 4 is 5.97 Å². The van der Waals surface area contributed by atoms with Gasteiger partial charge in [-0.05, 0) is 12.1 Å². The monoisotopic (exact) mass is 193 g/mol. The van der Waals surface area contributed by atoms with E-state index < -0.39 is 0 Å². The number of carbonyl (C=O) groups is 1. The minimum Gasteiger partial charge on any atom is -0.490 e. The first-order valence-corrected chi connectivity index (χ1v) is 4.47. The summed E-state index contributed by atoms with van der Waals surface area (Å²) in [6.07, 6.45) is 1.38. The third-order valence-corrected chi connectivity index (χ3v) is 1.58. The molecule has 0 heterocycles. The highest BCUT2D eigenvalue weighted by molar-refractivity contribution is 5.78. The zero-order chi connectivity index (χ0) is 10.2. The largest absolute Gasteiger partial charge is 0.490 e. The molecule has 0 bridgehead atoms. The van der Waals surface area contributed by atoms with Gasteiger partial charge in [0.25, 0.3) is 0 Å². The summed E-state index contributed by atoms with van der Waals surface area (Å²) in [7, 11) is 0. The van der Waals surface area contributed by atoms with Crippen LogP contribution in [-0.2, 0) is 9.53 Å². The molecule has 0 amide bonds. The Bertz CT molecular complexity index is 269. The van der Waals surface area contributed by atoms with Gasteiger partial charge in [0.05, 0.1) is 6.42 Å². The van der Waals surface area contributed by atoms with Gasteiger partial charge in [0, 0.05) is 0 Å². The Morgan fingerprint density at radius 2 is 2.00 bits per heavy atom. The van der Waals surface area contributed by atoms with Crippen molar-refractivity contribution in [1.82, 2.24) is 0 Å². The van der Waals surface area contributed by atoms with Crippen molar-refractivity contribution in [2.45, 2.75) is 6.92 Å². The van der Waals surface area contributed by atoms with Crippen LogP contribution in [0.25, 0.3) is 0 Å². The molecule has 0 unspecified atom stereocenters. The van der Waals surface area contributed by atoms with Crippen LogP contribution in [0.5, 0.6) is 5.75 Å². The first kappa shape index (κ1) is 10.6. The summed E-state index contributed by atoms with van der Waals surface area (Å²) in [6.45, 7) is 2.29. The van der Waals surface area contributed by atoms with Crippen LogP contribution in [0, 0.1) is 6.42 Å². The van der Waals surface area contributed by atoms with Crippen LogP contribution >= 0.6 is 0 Å². The lowest BCUT2D eigenvalue weighted by Crippen LogP contribution is -2.11. The minimum atomic E-state index is -0.318.